The molecule has 1 heterocycles. The fourth-order valence-electron chi connectivity index (χ4n) is 1.95. The van der Waals surface area contributed by atoms with Crippen LogP contribution in [0, 0.1) is 6.92 Å². The fourth-order valence-corrected chi connectivity index (χ4v) is 2.77. The molecule has 0 unspecified atom stereocenters. The Bertz CT molecular complexity index is 626. The van der Waals surface area contributed by atoms with E-state index in [1.54, 1.807) is 12.1 Å². The highest BCUT2D eigenvalue weighted by Crippen LogP contribution is 2.40. The summed E-state index contributed by atoms with van der Waals surface area (Å²) < 4.78 is 15.8. The zero-order chi connectivity index (χ0) is 15.4. The molecule has 21 heavy (non-hydrogen) atoms. The minimum Gasteiger partial charge on any atom is -0.493 e. The molecule has 0 aliphatic rings. The Morgan fingerprint density at radius 2 is 1.71 bits per heavy atom. The number of methoxy groups -OCH3 is 3. The highest BCUT2D eigenvalue weighted by Gasteiger charge is 2.16. The maximum atomic E-state index is 12.2. The lowest BCUT2D eigenvalue weighted by molar-refractivity contribution is 0.103. The van der Waals surface area contributed by atoms with Crippen molar-refractivity contribution in [1.29, 1.82) is 0 Å². The Kier molecular flexibility index (Phi) is 4.70. The number of anilines is 1. The van der Waals surface area contributed by atoms with Crippen LogP contribution in [0.1, 0.15) is 15.2 Å². The molecule has 6 heteroatoms. The van der Waals surface area contributed by atoms with Gasteiger partial charge in [0, 0.05) is 17.8 Å². The van der Waals surface area contributed by atoms with Gasteiger partial charge in [0.15, 0.2) is 11.5 Å². The van der Waals surface area contributed by atoms with Gasteiger partial charge in [0.1, 0.15) is 0 Å². The van der Waals surface area contributed by atoms with E-state index in [0.717, 1.165) is 5.56 Å². The largest absolute Gasteiger partial charge is 0.493 e. The van der Waals surface area contributed by atoms with Gasteiger partial charge in [-0.2, -0.15) is 0 Å². The summed E-state index contributed by atoms with van der Waals surface area (Å²) in [6.45, 7) is 1.90. The predicted molar refractivity (Wildman–Crippen MR) is 83.1 cm³/mol. The molecule has 0 saturated heterocycles. The number of ether oxygens (including phenoxy) is 3. The van der Waals surface area contributed by atoms with E-state index in [-0.39, 0.29) is 5.91 Å². The van der Waals surface area contributed by atoms with Crippen molar-refractivity contribution in [3.8, 4) is 17.2 Å². The van der Waals surface area contributed by atoms with Crippen LogP contribution < -0.4 is 19.5 Å². The summed E-state index contributed by atoms with van der Waals surface area (Å²) in [5.74, 6) is 1.33. The van der Waals surface area contributed by atoms with E-state index in [1.807, 2.05) is 18.4 Å². The summed E-state index contributed by atoms with van der Waals surface area (Å²) in [4.78, 5) is 12.9. The first-order valence-corrected chi connectivity index (χ1v) is 7.14. The Morgan fingerprint density at radius 3 is 2.14 bits per heavy atom. The minimum atomic E-state index is -0.156. The van der Waals surface area contributed by atoms with E-state index in [1.165, 1.54) is 32.7 Å². The fraction of sp³-hybridized carbons (Fsp3) is 0.267. The highest BCUT2D eigenvalue weighted by atomic mass is 32.1. The van der Waals surface area contributed by atoms with Crippen molar-refractivity contribution in [2.75, 3.05) is 26.6 Å². The third kappa shape index (κ3) is 3.11. The van der Waals surface area contributed by atoms with Crippen molar-refractivity contribution >= 4 is 22.9 Å². The number of hydrogen-bond acceptors (Lipinski definition) is 5. The number of nitrogens with one attached hydrogen (secondary N) is 1. The van der Waals surface area contributed by atoms with Crippen LogP contribution in [-0.4, -0.2) is 27.2 Å². The standard InChI is InChI=1S/C15H17NO4S/c1-9-5-6-21-14(9)15(17)16-10-7-11(18-2)13(20-4)12(8-10)19-3/h5-8H,1-4H3,(H,16,17). The first-order chi connectivity index (χ1) is 10.1. The minimum absolute atomic E-state index is 0.156. The summed E-state index contributed by atoms with van der Waals surface area (Å²) in [5.41, 5.74) is 1.53. The molecule has 0 aliphatic carbocycles. The maximum Gasteiger partial charge on any atom is 0.266 e. The molecule has 0 aliphatic heterocycles. The van der Waals surface area contributed by atoms with Crippen LogP contribution in [0.25, 0.3) is 0 Å². The van der Waals surface area contributed by atoms with Gasteiger partial charge >= 0.3 is 0 Å². The molecule has 5 nitrogen and oxygen atoms in total. The van der Waals surface area contributed by atoms with Crippen molar-refractivity contribution in [3.05, 3.63) is 34.0 Å². The Hall–Kier alpha value is -2.21. The lowest BCUT2D eigenvalue weighted by Crippen LogP contribution is -2.11. The van der Waals surface area contributed by atoms with Crippen LogP contribution in [0.4, 0.5) is 5.69 Å². The lowest BCUT2D eigenvalue weighted by Gasteiger charge is -2.14. The highest BCUT2D eigenvalue weighted by molar-refractivity contribution is 7.12. The number of thiophene rings is 1. The van der Waals surface area contributed by atoms with Crippen molar-refractivity contribution in [2.45, 2.75) is 6.92 Å². The summed E-state index contributed by atoms with van der Waals surface area (Å²) in [6.07, 6.45) is 0. The van der Waals surface area contributed by atoms with Crippen LogP contribution in [-0.2, 0) is 0 Å². The molecule has 1 amide bonds. The molecule has 1 aromatic heterocycles. The zero-order valence-corrected chi connectivity index (χ0v) is 13.2. The average molecular weight is 307 g/mol. The number of hydrogen-bond donors (Lipinski definition) is 1. The molecule has 0 atom stereocenters. The number of carbonyl (C=O) groups is 1. The molecule has 1 aromatic carbocycles. The summed E-state index contributed by atoms with van der Waals surface area (Å²) in [7, 11) is 4.60. The quantitative estimate of drug-likeness (QED) is 0.920. The molecule has 2 aromatic rings. The Labute approximate surface area is 127 Å². The van der Waals surface area contributed by atoms with Crippen molar-refractivity contribution in [2.24, 2.45) is 0 Å². The summed E-state index contributed by atoms with van der Waals surface area (Å²) in [6, 6.07) is 5.30. The molecule has 0 fully saturated rings. The summed E-state index contributed by atoms with van der Waals surface area (Å²) >= 11 is 1.41. The number of benzene rings is 1. The molecule has 0 spiro atoms. The van der Waals surface area contributed by atoms with Crippen molar-refractivity contribution in [1.82, 2.24) is 0 Å². The zero-order valence-electron chi connectivity index (χ0n) is 12.4. The average Bonchev–Trinajstić information content (AvgIpc) is 2.92. The van der Waals surface area contributed by atoms with Gasteiger partial charge in [0.2, 0.25) is 5.75 Å². The SMILES string of the molecule is COc1cc(NC(=O)c2sccc2C)cc(OC)c1OC. The molecular weight excluding hydrogens is 290 g/mol. The van der Waals surface area contributed by atoms with Gasteiger partial charge in [-0.1, -0.05) is 0 Å². The second-order valence-corrected chi connectivity index (χ2v) is 5.22. The van der Waals surface area contributed by atoms with Gasteiger partial charge in [0.05, 0.1) is 26.2 Å². The molecular formula is C15H17NO4S. The third-order valence-corrected chi connectivity index (χ3v) is 4.01. The number of amides is 1. The molecule has 112 valence electrons. The monoisotopic (exact) mass is 307 g/mol. The normalized spacial score (nSPS) is 10.1. The summed E-state index contributed by atoms with van der Waals surface area (Å²) in [5, 5.41) is 4.73. The van der Waals surface area contributed by atoms with E-state index in [4.69, 9.17) is 14.2 Å². The van der Waals surface area contributed by atoms with E-state index in [2.05, 4.69) is 5.32 Å². The smallest absolute Gasteiger partial charge is 0.266 e. The topological polar surface area (TPSA) is 56.8 Å². The van der Waals surface area contributed by atoms with Gasteiger partial charge in [-0.05, 0) is 23.9 Å². The van der Waals surface area contributed by atoms with Crippen LogP contribution in [0.15, 0.2) is 23.6 Å². The van der Waals surface area contributed by atoms with Gasteiger partial charge in [-0.25, -0.2) is 0 Å². The molecule has 2 rings (SSSR count). The number of rotatable bonds is 5. The van der Waals surface area contributed by atoms with Crippen LogP contribution in [0.2, 0.25) is 0 Å². The molecule has 1 N–H and O–H groups in total. The number of aryl methyl sites for hydroxylation is 1. The first kappa shape index (κ1) is 15.2. The van der Waals surface area contributed by atoms with Crippen molar-refractivity contribution < 1.29 is 19.0 Å². The Balaban J connectivity index is 2.32. The van der Waals surface area contributed by atoms with E-state index < -0.39 is 0 Å². The van der Waals surface area contributed by atoms with Gasteiger partial charge in [-0.3, -0.25) is 4.79 Å². The van der Waals surface area contributed by atoms with E-state index in [9.17, 15) is 4.79 Å². The van der Waals surface area contributed by atoms with Crippen LogP contribution in [0.3, 0.4) is 0 Å². The lowest BCUT2D eigenvalue weighted by atomic mass is 10.2. The third-order valence-electron chi connectivity index (χ3n) is 2.99. The van der Waals surface area contributed by atoms with E-state index in [0.29, 0.717) is 27.8 Å². The predicted octanol–water partition coefficient (Wildman–Crippen LogP) is 3.33. The second-order valence-electron chi connectivity index (χ2n) is 4.30. The molecule has 0 bridgehead atoms. The van der Waals surface area contributed by atoms with Gasteiger partial charge < -0.3 is 19.5 Å². The van der Waals surface area contributed by atoms with Crippen molar-refractivity contribution in [3.63, 3.8) is 0 Å². The second kappa shape index (κ2) is 6.49. The molecule has 0 saturated carbocycles. The Morgan fingerprint density at radius 1 is 1.10 bits per heavy atom. The number of carbonyl (C=O) groups excluding carboxylic acids is 1. The van der Waals surface area contributed by atoms with Gasteiger partial charge in [-0.15, -0.1) is 11.3 Å². The maximum absolute atomic E-state index is 12.2. The molecule has 0 radical (unpaired) electrons. The first-order valence-electron chi connectivity index (χ1n) is 6.26. The van der Waals surface area contributed by atoms with Crippen LogP contribution >= 0.6 is 11.3 Å². The van der Waals surface area contributed by atoms with Crippen LogP contribution in [0.5, 0.6) is 17.2 Å². The van der Waals surface area contributed by atoms with Gasteiger partial charge in [0.25, 0.3) is 5.91 Å². The van der Waals surface area contributed by atoms with E-state index >= 15 is 0 Å².